The highest BCUT2D eigenvalue weighted by Crippen LogP contribution is 2.03. The van der Waals surface area contributed by atoms with E-state index < -0.39 is 5.60 Å². The van der Waals surface area contributed by atoms with Gasteiger partial charge in [0.05, 0.1) is 0 Å². The zero-order chi connectivity index (χ0) is 7.33. The van der Waals surface area contributed by atoms with Crippen molar-refractivity contribution in [2.45, 2.75) is 19.4 Å². The lowest BCUT2D eigenvalue weighted by atomic mass is 10.1. The predicted octanol–water partition coefficient (Wildman–Crippen LogP) is 0.614. The fourth-order valence-corrected chi connectivity index (χ4v) is 0.254. The Bertz CT molecular complexity index is 148. The Morgan fingerprint density at radius 1 is 1.56 bits per heavy atom. The molecule has 0 radical (unpaired) electrons. The van der Waals surface area contributed by atoms with Gasteiger partial charge in [-0.05, 0) is 19.8 Å². The highest BCUT2D eigenvalue weighted by molar-refractivity contribution is 5.72. The van der Waals surface area contributed by atoms with Gasteiger partial charge >= 0.3 is 0 Å². The second-order valence-electron chi connectivity index (χ2n) is 2.10. The Labute approximate surface area is 55.2 Å². The first-order valence-corrected chi connectivity index (χ1v) is 2.64. The first kappa shape index (κ1) is 8.19. The van der Waals surface area contributed by atoms with Gasteiger partial charge < -0.3 is 4.74 Å². The van der Waals surface area contributed by atoms with E-state index >= 15 is 0 Å². The minimum Gasteiger partial charge on any atom is -0.366 e. The molecule has 0 heterocycles. The average Bonchev–Trinajstić information content (AvgIpc) is 1.84. The van der Waals surface area contributed by atoms with E-state index in [1.54, 1.807) is 21.0 Å². The molecule has 0 saturated heterocycles. The SMILES string of the molecule is COC(C)(C)C#CC=O. The van der Waals surface area contributed by atoms with Crippen LogP contribution in [0.25, 0.3) is 0 Å². The summed E-state index contributed by atoms with van der Waals surface area (Å²) in [6.45, 7) is 3.59. The van der Waals surface area contributed by atoms with Gasteiger partial charge in [0.1, 0.15) is 5.60 Å². The van der Waals surface area contributed by atoms with Crippen molar-refractivity contribution in [1.82, 2.24) is 0 Å². The Hall–Kier alpha value is -0.810. The smallest absolute Gasteiger partial charge is 0.192 e. The second-order valence-corrected chi connectivity index (χ2v) is 2.10. The van der Waals surface area contributed by atoms with Crippen LogP contribution in [0.5, 0.6) is 0 Å². The van der Waals surface area contributed by atoms with E-state index in [9.17, 15) is 4.79 Å². The summed E-state index contributed by atoms with van der Waals surface area (Å²) in [6, 6.07) is 0. The molecule has 9 heavy (non-hydrogen) atoms. The molecule has 0 aromatic heterocycles. The predicted molar refractivity (Wildman–Crippen MR) is 34.9 cm³/mol. The molecule has 2 heteroatoms. The molecule has 0 aromatic carbocycles. The number of aldehydes is 1. The molecule has 0 aromatic rings. The highest BCUT2D eigenvalue weighted by Gasteiger charge is 2.09. The van der Waals surface area contributed by atoms with Crippen LogP contribution >= 0.6 is 0 Å². The van der Waals surface area contributed by atoms with E-state index in [1.807, 2.05) is 0 Å². The lowest BCUT2D eigenvalue weighted by molar-refractivity contribution is -0.103. The van der Waals surface area contributed by atoms with Crippen molar-refractivity contribution in [3.8, 4) is 11.8 Å². The van der Waals surface area contributed by atoms with E-state index in [2.05, 4.69) is 11.8 Å². The molecule has 0 spiro atoms. The van der Waals surface area contributed by atoms with Gasteiger partial charge in [-0.15, -0.1) is 0 Å². The average molecular weight is 126 g/mol. The first-order valence-electron chi connectivity index (χ1n) is 2.64. The fourth-order valence-electron chi connectivity index (χ4n) is 0.254. The molecular formula is C7H10O2. The molecule has 0 amide bonds. The third-order valence-corrected chi connectivity index (χ3v) is 0.942. The topological polar surface area (TPSA) is 26.3 Å². The fraction of sp³-hybridized carbons (Fsp3) is 0.571. The van der Waals surface area contributed by atoms with Crippen molar-refractivity contribution in [1.29, 1.82) is 0 Å². The van der Waals surface area contributed by atoms with Crippen LogP contribution in [0.15, 0.2) is 0 Å². The van der Waals surface area contributed by atoms with Gasteiger partial charge in [0.2, 0.25) is 0 Å². The number of rotatable bonds is 1. The maximum Gasteiger partial charge on any atom is 0.192 e. The van der Waals surface area contributed by atoms with E-state index in [4.69, 9.17) is 4.74 Å². The monoisotopic (exact) mass is 126 g/mol. The van der Waals surface area contributed by atoms with Crippen molar-refractivity contribution in [3.63, 3.8) is 0 Å². The Morgan fingerprint density at radius 3 is 2.44 bits per heavy atom. The minimum absolute atomic E-state index is 0.499. The highest BCUT2D eigenvalue weighted by atomic mass is 16.5. The van der Waals surface area contributed by atoms with E-state index in [1.165, 1.54) is 0 Å². The molecular weight excluding hydrogens is 116 g/mol. The van der Waals surface area contributed by atoms with Gasteiger partial charge in [0, 0.05) is 7.11 Å². The van der Waals surface area contributed by atoms with Crippen LogP contribution in [0.4, 0.5) is 0 Å². The standard InChI is InChI=1S/C7H10O2/c1-7(2,9-3)5-4-6-8/h6H,1-3H3. The van der Waals surface area contributed by atoms with Crippen molar-refractivity contribution in [2.24, 2.45) is 0 Å². The summed E-state index contributed by atoms with van der Waals surface area (Å²) < 4.78 is 4.91. The van der Waals surface area contributed by atoms with Crippen LogP contribution in [-0.4, -0.2) is 19.0 Å². The molecule has 0 aliphatic carbocycles. The van der Waals surface area contributed by atoms with Gasteiger partial charge in [-0.3, -0.25) is 4.79 Å². The largest absolute Gasteiger partial charge is 0.366 e. The van der Waals surface area contributed by atoms with Crippen LogP contribution < -0.4 is 0 Å². The maximum atomic E-state index is 9.74. The molecule has 0 unspecified atom stereocenters. The Balaban J connectivity index is 3.99. The number of hydrogen-bond acceptors (Lipinski definition) is 2. The van der Waals surface area contributed by atoms with E-state index in [0.717, 1.165) is 0 Å². The third kappa shape index (κ3) is 3.75. The normalized spacial score (nSPS) is 9.67. The van der Waals surface area contributed by atoms with Gasteiger partial charge in [-0.25, -0.2) is 0 Å². The first-order chi connectivity index (χ1) is 4.12. The van der Waals surface area contributed by atoms with Crippen LogP contribution in [0.1, 0.15) is 13.8 Å². The van der Waals surface area contributed by atoms with Gasteiger partial charge in [-0.2, -0.15) is 0 Å². The number of methoxy groups -OCH3 is 1. The number of carbonyl (C=O) groups is 1. The zero-order valence-electron chi connectivity index (χ0n) is 5.89. The maximum absolute atomic E-state index is 9.74. The summed E-state index contributed by atoms with van der Waals surface area (Å²) in [5, 5.41) is 0. The molecule has 2 nitrogen and oxygen atoms in total. The van der Waals surface area contributed by atoms with Crippen LogP contribution in [-0.2, 0) is 9.53 Å². The summed E-state index contributed by atoms with van der Waals surface area (Å²) in [6.07, 6.45) is 0.556. The summed E-state index contributed by atoms with van der Waals surface area (Å²) in [5.41, 5.74) is -0.499. The van der Waals surface area contributed by atoms with Crippen molar-refractivity contribution in [2.75, 3.05) is 7.11 Å². The number of carbonyl (C=O) groups excluding carboxylic acids is 1. The number of ether oxygens (including phenoxy) is 1. The quantitative estimate of drug-likeness (QED) is 0.380. The molecule has 0 atom stereocenters. The summed E-state index contributed by atoms with van der Waals surface area (Å²) in [7, 11) is 1.56. The molecule has 0 rings (SSSR count). The lowest BCUT2D eigenvalue weighted by Gasteiger charge is -2.13. The number of hydrogen-bond donors (Lipinski definition) is 0. The van der Waals surface area contributed by atoms with E-state index in [0.29, 0.717) is 6.29 Å². The van der Waals surface area contributed by atoms with Crippen LogP contribution in [0, 0.1) is 11.8 Å². The molecule has 0 aliphatic rings. The van der Waals surface area contributed by atoms with Gasteiger partial charge in [0.25, 0.3) is 0 Å². The second kappa shape index (κ2) is 3.26. The van der Waals surface area contributed by atoms with Gasteiger partial charge in [0.15, 0.2) is 6.29 Å². The van der Waals surface area contributed by atoms with Crippen molar-refractivity contribution in [3.05, 3.63) is 0 Å². The molecule has 0 fully saturated rings. The molecule has 0 aliphatic heterocycles. The van der Waals surface area contributed by atoms with Crippen molar-refractivity contribution < 1.29 is 9.53 Å². The zero-order valence-corrected chi connectivity index (χ0v) is 5.89. The van der Waals surface area contributed by atoms with Crippen LogP contribution in [0.3, 0.4) is 0 Å². The summed E-state index contributed by atoms with van der Waals surface area (Å²) in [4.78, 5) is 9.74. The summed E-state index contributed by atoms with van der Waals surface area (Å²) >= 11 is 0. The minimum atomic E-state index is -0.499. The molecule has 0 saturated carbocycles. The summed E-state index contributed by atoms with van der Waals surface area (Å²) in [5.74, 6) is 4.90. The van der Waals surface area contributed by atoms with Crippen molar-refractivity contribution >= 4 is 6.29 Å². The molecule has 50 valence electrons. The Morgan fingerprint density at radius 2 is 2.11 bits per heavy atom. The third-order valence-electron chi connectivity index (χ3n) is 0.942. The molecule has 0 bridgehead atoms. The van der Waals surface area contributed by atoms with E-state index in [-0.39, 0.29) is 0 Å². The Kier molecular flexibility index (Phi) is 2.97. The lowest BCUT2D eigenvalue weighted by Crippen LogP contribution is -2.19. The van der Waals surface area contributed by atoms with Gasteiger partial charge in [-0.1, -0.05) is 5.92 Å². The molecule has 0 N–H and O–H groups in total. The van der Waals surface area contributed by atoms with Crippen LogP contribution in [0.2, 0.25) is 0 Å².